The van der Waals surface area contributed by atoms with Gasteiger partial charge in [0.05, 0.1) is 18.7 Å². The van der Waals surface area contributed by atoms with Gasteiger partial charge in [0.25, 0.3) is 0 Å². The summed E-state index contributed by atoms with van der Waals surface area (Å²) in [5.41, 5.74) is 1.85. The number of benzene rings is 1. The normalized spacial score (nSPS) is 27.0. The van der Waals surface area contributed by atoms with E-state index in [9.17, 15) is 5.11 Å². The second kappa shape index (κ2) is 8.76. The first kappa shape index (κ1) is 21.7. The molecule has 9 heteroatoms. The monoisotopic (exact) mass is 422 g/mol. The van der Waals surface area contributed by atoms with Gasteiger partial charge in [0.1, 0.15) is 5.75 Å². The number of rotatable bonds is 4. The SMILES string of the molecule is C=CC1CN2CCC1CC2C(O)c1ccnc2ccc(OC)cc12.O=S(=O)(O)O. The molecule has 29 heavy (non-hydrogen) atoms. The van der Waals surface area contributed by atoms with Gasteiger partial charge in [-0.1, -0.05) is 6.08 Å². The lowest BCUT2D eigenvalue weighted by Gasteiger charge is -2.50. The molecule has 3 aliphatic heterocycles. The van der Waals surface area contributed by atoms with E-state index in [1.165, 1.54) is 6.42 Å². The molecule has 2 bridgehead atoms. The number of nitrogens with zero attached hydrogens (tertiary/aromatic N) is 2. The zero-order valence-electron chi connectivity index (χ0n) is 16.2. The fourth-order valence-corrected chi connectivity index (χ4v) is 4.44. The molecule has 0 aliphatic carbocycles. The summed E-state index contributed by atoms with van der Waals surface area (Å²) in [5.74, 6) is 2.01. The Balaban J connectivity index is 0.000000431. The third-order valence-electron chi connectivity index (χ3n) is 5.82. The molecule has 3 saturated heterocycles. The Bertz CT molecular complexity index is 972. The van der Waals surface area contributed by atoms with Crippen molar-refractivity contribution in [3.63, 3.8) is 0 Å². The van der Waals surface area contributed by atoms with Gasteiger partial charge in [-0.05, 0) is 61.1 Å². The van der Waals surface area contributed by atoms with Gasteiger partial charge in [0.2, 0.25) is 0 Å². The molecular weight excluding hydrogens is 396 g/mol. The Kier molecular flexibility index (Phi) is 6.55. The van der Waals surface area contributed by atoms with Crippen LogP contribution in [0.4, 0.5) is 0 Å². The van der Waals surface area contributed by atoms with Crippen LogP contribution in [-0.4, -0.2) is 58.8 Å². The molecule has 8 nitrogen and oxygen atoms in total. The number of aromatic nitrogens is 1. The minimum absolute atomic E-state index is 0.178. The minimum Gasteiger partial charge on any atom is -0.497 e. The number of methoxy groups -OCH3 is 1. The van der Waals surface area contributed by atoms with E-state index in [-0.39, 0.29) is 6.04 Å². The number of fused-ring (bicyclic) bond motifs is 4. The second-order valence-electron chi connectivity index (χ2n) is 7.42. The summed E-state index contributed by atoms with van der Waals surface area (Å²) in [6.07, 6.45) is 5.62. The molecule has 0 saturated carbocycles. The van der Waals surface area contributed by atoms with E-state index in [1.54, 1.807) is 13.3 Å². The maximum Gasteiger partial charge on any atom is 0.394 e. The molecule has 2 aromatic rings. The van der Waals surface area contributed by atoms with Gasteiger partial charge in [0, 0.05) is 24.2 Å². The van der Waals surface area contributed by atoms with Crippen LogP contribution in [0.2, 0.25) is 0 Å². The molecule has 4 heterocycles. The van der Waals surface area contributed by atoms with Crippen molar-refractivity contribution in [3.8, 4) is 5.75 Å². The van der Waals surface area contributed by atoms with Crippen molar-refractivity contribution in [2.45, 2.75) is 25.0 Å². The predicted molar refractivity (Wildman–Crippen MR) is 109 cm³/mol. The van der Waals surface area contributed by atoms with E-state index in [0.717, 1.165) is 41.7 Å². The smallest absolute Gasteiger partial charge is 0.394 e. The Labute approximate surface area is 170 Å². The van der Waals surface area contributed by atoms with Crippen LogP contribution in [0.25, 0.3) is 10.9 Å². The summed E-state index contributed by atoms with van der Waals surface area (Å²) >= 11 is 0. The summed E-state index contributed by atoms with van der Waals surface area (Å²) in [7, 11) is -3.01. The molecule has 5 unspecified atom stereocenters. The highest BCUT2D eigenvalue weighted by atomic mass is 32.3. The van der Waals surface area contributed by atoms with Crippen LogP contribution >= 0.6 is 0 Å². The van der Waals surface area contributed by atoms with Crippen molar-refractivity contribution in [2.24, 2.45) is 11.8 Å². The van der Waals surface area contributed by atoms with Crippen LogP contribution in [0, 0.1) is 11.8 Å². The highest BCUT2D eigenvalue weighted by molar-refractivity contribution is 7.79. The van der Waals surface area contributed by atoms with Gasteiger partial charge in [-0.15, -0.1) is 6.58 Å². The van der Waals surface area contributed by atoms with Crippen molar-refractivity contribution in [2.75, 3.05) is 20.2 Å². The first-order valence-electron chi connectivity index (χ1n) is 9.38. The summed E-state index contributed by atoms with van der Waals surface area (Å²) in [4.78, 5) is 6.86. The molecule has 1 aromatic carbocycles. The second-order valence-corrected chi connectivity index (χ2v) is 8.32. The molecule has 5 rings (SSSR count). The maximum absolute atomic E-state index is 11.2. The Morgan fingerprint density at radius 2 is 2.07 bits per heavy atom. The summed E-state index contributed by atoms with van der Waals surface area (Å²) < 4.78 is 36.9. The number of hydrogen-bond donors (Lipinski definition) is 3. The van der Waals surface area contributed by atoms with E-state index >= 15 is 0 Å². The summed E-state index contributed by atoms with van der Waals surface area (Å²) in [6.45, 7) is 6.07. The van der Waals surface area contributed by atoms with E-state index in [4.69, 9.17) is 22.3 Å². The fraction of sp³-hybridized carbons (Fsp3) is 0.450. The number of hydrogen-bond acceptors (Lipinski definition) is 6. The third-order valence-corrected chi connectivity index (χ3v) is 5.82. The van der Waals surface area contributed by atoms with E-state index < -0.39 is 16.5 Å². The van der Waals surface area contributed by atoms with Crippen LogP contribution in [-0.2, 0) is 10.4 Å². The molecule has 3 aliphatic rings. The van der Waals surface area contributed by atoms with Crippen molar-refractivity contribution < 1.29 is 27.4 Å². The molecule has 1 aromatic heterocycles. The standard InChI is InChI=1S/C20H24N2O2.H2O4S/c1-3-13-12-22-9-7-14(13)10-19(22)20(23)16-6-8-21-18-5-4-15(24-2)11-17(16)18;1-5(2,3)4/h3-6,8,11,13-14,19-20,23H,1,7,9-10,12H2,2H3;(H2,1,2,3,4). The molecule has 0 amide bonds. The lowest BCUT2D eigenvalue weighted by atomic mass is 9.73. The highest BCUT2D eigenvalue weighted by Crippen LogP contribution is 2.42. The molecule has 5 atom stereocenters. The fourth-order valence-electron chi connectivity index (χ4n) is 4.44. The summed E-state index contributed by atoms with van der Waals surface area (Å²) in [6, 6.07) is 7.96. The van der Waals surface area contributed by atoms with Crippen LogP contribution in [0.15, 0.2) is 43.1 Å². The number of aliphatic hydroxyl groups is 1. The van der Waals surface area contributed by atoms with Gasteiger partial charge in [-0.3, -0.25) is 19.0 Å². The van der Waals surface area contributed by atoms with Gasteiger partial charge in [0.15, 0.2) is 0 Å². The Hall–Kier alpha value is -2.04. The summed E-state index contributed by atoms with van der Waals surface area (Å²) in [5, 5.41) is 12.1. The first-order chi connectivity index (χ1) is 13.7. The predicted octanol–water partition coefficient (Wildman–Crippen LogP) is 2.52. The van der Waals surface area contributed by atoms with Crippen molar-refractivity contribution >= 4 is 21.3 Å². The number of piperidine rings is 3. The molecule has 158 valence electrons. The third kappa shape index (κ3) is 5.12. The largest absolute Gasteiger partial charge is 0.497 e. The van der Waals surface area contributed by atoms with Gasteiger partial charge in [-0.2, -0.15) is 8.42 Å². The average molecular weight is 423 g/mol. The van der Waals surface area contributed by atoms with E-state index in [0.29, 0.717) is 11.8 Å². The zero-order chi connectivity index (χ0) is 21.2. The van der Waals surface area contributed by atoms with Crippen molar-refractivity contribution in [3.05, 3.63) is 48.7 Å². The van der Waals surface area contributed by atoms with Crippen molar-refractivity contribution in [1.82, 2.24) is 9.88 Å². The topological polar surface area (TPSA) is 120 Å². The van der Waals surface area contributed by atoms with Gasteiger partial charge < -0.3 is 9.84 Å². The number of pyridine rings is 1. The quantitative estimate of drug-likeness (QED) is 0.508. The van der Waals surface area contributed by atoms with Crippen LogP contribution in [0.3, 0.4) is 0 Å². The van der Waals surface area contributed by atoms with Gasteiger partial charge >= 0.3 is 10.4 Å². The lowest BCUT2D eigenvalue weighted by Crippen LogP contribution is -2.54. The minimum atomic E-state index is -4.67. The average Bonchev–Trinajstić information content (AvgIpc) is 2.71. The van der Waals surface area contributed by atoms with Crippen LogP contribution in [0.5, 0.6) is 5.75 Å². The lowest BCUT2D eigenvalue weighted by molar-refractivity contribution is -0.0444. The van der Waals surface area contributed by atoms with Crippen molar-refractivity contribution in [1.29, 1.82) is 0 Å². The Morgan fingerprint density at radius 1 is 1.34 bits per heavy atom. The van der Waals surface area contributed by atoms with Crippen LogP contribution < -0.4 is 4.74 Å². The highest BCUT2D eigenvalue weighted by Gasteiger charge is 2.42. The molecular formula is C20H26N2O6S. The number of aliphatic hydroxyl groups excluding tert-OH is 1. The van der Waals surface area contributed by atoms with Gasteiger partial charge in [-0.25, -0.2) is 0 Å². The van der Waals surface area contributed by atoms with E-state index in [2.05, 4.69) is 22.5 Å². The van der Waals surface area contributed by atoms with Crippen LogP contribution in [0.1, 0.15) is 24.5 Å². The molecule has 3 fully saturated rings. The molecule has 0 radical (unpaired) electrons. The molecule has 3 N–H and O–H groups in total. The van der Waals surface area contributed by atoms with E-state index in [1.807, 2.05) is 24.3 Å². The number of ether oxygens (including phenoxy) is 1. The maximum atomic E-state index is 11.2. The first-order valence-corrected chi connectivity index (χ1v) is 10.8. The Morgan fingerprint density at radius 3 is 2.66 bits per heavy atom. The zero-order valence-corrected chi connectivity index (χ0v) is 17.0. The molecule has 0 spiro atoms.